The van der Waals surface area contributed by atoms with Crippen molar-refractivity contribution in [3.05, 3.63) is 30.2 Å². The molecule has 2 fully saturated rings. The maximum atomic E-state index is 6.01. The van der Waals surface area contributed by atoms with Crippen LogP contribution in [0.2, 0.25) is 0 Å². The van der Waals surface area contributed by atoms with Crippen LogP contribution in [0.3, 0.4) is 0 Å². The molecule has 0 saturated carbocycles. The second-order valence-corrected chi connectivity index (χ2v) is 7.16. The molecule has 2 aliphatic rings. The molecule has 1 atom stereocenters. The van der Waals surface area contributed by atoms with Crippen LogP contribution in [0.1, 0.15) is 31.1 Å². The van der Waals surface area contributed by atoms with Gasteiger partial charge in [-0.2, -0.15) is 0 Å². The first-order valence-electron chi connectivity index (χ1n) is 9.14. The summed E-state index contributed by atoms with van der Waals surface area (Å²) in [4.78, 5) is 5.03. The van der Waals surface area contributed by atoms with Crippen molar-refractivity contribution in [2.45, 2.75) is 31.2 Å². The molecule has 0 spiro atoms. The smallest absolute Gasteiger partial charge is 0.251 e. The van der Waals surface area contributed by atoms with E-state index in [1.54, 1.807) is 7.11 Å². The Labute approximate surface area is 148 Å². The van der Waals surface area contributed by atoms with Crippen molar-refractivity contribution in [3.8, 4) is 17.2 Å². The molecule has 6 heteroatoms. The molecule has 2 aromatic rings. The first kappa shape index (κ1) is 16.5. The van der Waals surface area contributed by atoms with E-state index in [0.717, 1.165) is 36.7 Å². The summed E-state index contributed by atoms with van der Waals surface area (Å²) in [6, 6.07) is 8.47. The summed E-state index contributed by atoms with van der Waals surface area (Å²) in [6.45, 7) is 4.56. The van der Waals surface area contributed by atoms with Crippen molar-refractivity contribution >= 4 is 0 Å². The van der Waals surface area contributed by atoms with Gasteiger partial charge in [-0.25, -0.2) is 0 Å². The van der Waals surface area contributed by atoms with Gasteiger partial charge in [0.15, 0.2) is 0 Å². The largest absolute Gasteiger partial charge is 0.496 e. The lowest BCUT2D eigenvalue weighted by Gasteiger charge is -2.35. The van der Waals surface area contributed by atoms with Crippen molar-refractivity contribution in [3.63, 3.8) is 0 Å². The van der Waals surface area contributed by atoms with Crippen LogP contribution in [-0.4, -0.2) is 66.4 Å². The molecule has 0 bridgehead atoms. The normalized spacial score (nSPS) is 23.2. The number of benzene rings is 1. The van der Waals surface area contributed by atoms with Gasteiger partial charge in [0.25, 0.3) is 5.89 Å². The molecule has 4 rings (SSSR count). The predicted molar refractivity (Wildman–Crippen MR) is 95.7 cm³/mol. The third-order valence-electron chi connectivity index (χ3n) is 5.55. The fraction of sp³-hybridized carbons (Fsp3) is 0.579. The second-order valence-electron chi connectivity index (χ2n) is 7.16. The van der Waals surface area contributed by atoms with E-state index in [9.17, 15) is 0 Å². The third-order valence-corrected chi connectivity index (χ3v) is 5.55. The molecule has 0 N–H and O–H groups in total. The van der Waals surface area contributed by atoms with Crippen molar-refractivity contribution < 1.29 is 9.15 Å². The first-order chi connectivity index (χ1) is 12.2. The lowest BCUT2D eigenvalue weighted by Crippen LogP contribution is -2.42. The van der Waals surface area contributed by atoms with Crippen LogP contribution in [0.15, 0.2) is 28.7 Å². The topological polar surface area (TPSA) is 54.6 Å². The Morgan fingerprint density at radius 1 is 1.08 bits per heavy atom. The Balaban J connectivity index is 1.44. The van der Waals surface area contributed by atoms with Crippen molar-refractivity contribution in [1.82, 2.24) is 20.0 Å². The van der Waals surface area contributed by atoms with E-state index in [-0.39, 0.29) is 0 Å². The zero-order valence-electron chi connectivity index (χ0n) is 15.0. The lowest BCUT2D eigenvalue weighted by molar-refractivity contribution is 0.141. The average molecular weight is 342 g/mol. The number of aromatic nitrogens is 2. The number of nitrogens with zero attached hydrogens (tertiary/aromatic N) is 4. The van der Waals surface area contributed by atoms with E-state index in [4.69, 9.17) is 9.15 Å². The van der Waals surface area contributed by atoms with Gasteiger partial charge in [0, 0.05) is 12.6 Å². The van der Waals surface area contributed by atoms with Crippen molar-refractivity contribution in [2.24, 2.45) is 0 Å². The number of ether oxygens (including phenoxy) is 1. The zero-order chi connectivity index (χ0) is 17.2. The third kappa shape index (κ3) is 3.41. The maximum Gasteiger partial charge on any atom is 0.251 e. The summed E-state index contributed by atoms with van der Waals surface area (Å²) in [5.74, 6) is 2.41. The molecule has 1 aromatic carbocycles. The fourth-order valence-electron chi connectivity index (χ4n) is 4.01. The molecule has 1 unspecified atom stereocenters. The molecule has 25 heavy (non-hydrogen) atoms. The molecular formula is C19H26N4O2. The van der Waals surface area contributed by atoms with Gasteiger partial charge in [0.2, 0.25) is 5.89 Å². The average Bonchev–Trinajstić information content (AvgIpc) is 3.32. The van der Waals surface area contributed by atoms with E-state index in [2.05, 4.69) is 27.0 Å². The number of likely N-dealkylation sites (tertiary alicyclic amines) is 2. The molecular weight excluding hydrogens is 316 g/mol. The highest BCUT2D eigenvalue weighted by molar-refractivity contribution is 5.62. The Morgan fingerprint density at radius 3 is 2.68 bits per heavy atom. The highest BCUT2D eigenvalue weighted by atomic mass is 16.5. The molecule has 0 radical (unpaired) electrons. The molecule has 0 amide bonds. The molecule has 6 nitrogen and oxygen atoms in total. The van der Waals surface area contributed by atoms with Crippen LogP contribution >= 0.6 is 0 Å². The van der Waals surface area contributed by atoms with E-state index >= 15 is 0 Å². The van der Waals surface area contributed by atoms with Crippen LogP contribution in [0.25, 0.3) is 11.5 Å². The van der Waals surface area contributed by atoms with Gasteiger partial charge in [-0.3, -0.25) is 4.90 Å². The second kappa shape index (κ2) is 7.14. The van der Waals surface area contributed by atoms with Gasteiger partial charge in [-0.15, -0.1) is 10.2 Å². The summed E-state index contributed by atoms with van der Waals surface area (Å²) in [5, 5.41) is 8.60. The number of rotatable bonds is 4. The number of piperidine rings is 1. The van der Waals surface area contributed by atoms with Gasteiger partial charge < -0.3 is 14.1 Å². The molecule has 2 aliphatic heterocycles. The van der Waals surface area contributed by atoms with Crippen LogP contribution in [0.4, 0.5) is 0 Å². The number of hydrogen-bond acceptors (Lipinski definition) is 6. The molecule has 0 aliphatic carbocycles. The van der Waals surface area contributed by atoms with E-state index in [0.29, 0.717) is 17.9 Å². The van der Waals surface area contributed by atoms with Gasteiger partial charge in [-0.05, 0) is 58.1 Å². The quantitative estimate of drug-likeness (QED) is 0.851. The SMILES string of the molecule is COc1ccccc1-c1nnc(C2CCN(C3CCN(C)CC3)C2)o1. The fourth-order valence-corrected chi connectivity index (χ4v) is 4.01. The van der Waals surface area contributed by atoms with Crippen LogP contribution in [0.5, 0.6) is 5.75 Å². The number of para-hydroxylation sites is 1. The van der Waals surface area contributed by atoms with Gasteiger partial charge >= 0.3 is 0 Å². The Kier molecular flexibility index (Phi) is 4.72. The minimum absolute atomic E-state index is 0.343. The summed E-state index contributed by atoms with van der Waals surface area (Å²) >= 11 is 0. The number of hydrogen-bond donors (Lipinski definition) is 0. The molecule has 134 valence electrons. The molecule has 2 saturated heterocycles. The summed E-state index contributed by atoms with van der Waals surface area (Å²) < 4.78 is 11.4. The van der Waals surface area contributed by atoms with Crippen LogP contribution < -0.4 is 4.74 Å². The Morgan fingerprint density at radius 2 is 1.88 bits per heavy atom. The van der Waals surface area contributed by atoms with Gasteiger partial charge in [0.1, 0.15) is 5.75 Å². The van der Waals surface area contributed by atoms with Gasteiger partial charge in [0.05, 0.1) is 18.6 Å². The Hall–Kier alpha value is -1.92. The van der Waals surface area contributed by atoms with E-state index in [1.807, 2.05) is 24.3 Å². The van der Waals surface area contributed by atoms with Crippen molar-refractivity contribution in [1.29, 1.82) is 0 Å². The standard InChI is InChI=1S/C19H26N4O2/c1-22-10-8-15(9-11-22)23-12-7-14(13-23)18-20-21-19(25-18)16-5-3-4-6-17(16)24-2/h3-6,14-15H,7-13H2,1-2H3. The minimum Gasteiger partial charge on any atom is -0.496 e. The van der Waals surface area contributed by atoms with Gasteiger partial charge in [-0.1, -0.05) is 12.1 Å². The van der Waals surface area contributed by atoms with Crippen LogP contribution in [-0.2, 0) is 0 Å². The maximum absolute atomic E-state index is 6.01. The Bertz CT molecular complexity index is 709. The van der Waals surface area contributed by atoms with Crippen molar-refractivity contribution in [2.75, 3.05) is 40.3 Å². The zero-order valence-corrected chi connectivity index (χ0v) is 15.0. The summed E-state index contributed by atoms with van der Waals surface area (Å²) in [7, 11) is 3.87. The minimum atomic E-state index is 0.343. The van der Waals surface area contributed by atoms with E-state index < -0.39 is 0 Å². The monoisotopic (exact) mass is 342 g/mol. The van der Waals surface area contributed by atoms with Crippen LogP contribution in [0, 0.1) is 0 Å². The highest BCUT2D eigenvalue weighted by Crippen LogP contribution is 2.33. The summed E-state index contributed by atoms with van der Waals surface area (Å²) in [6.07, 6.45) is 3.62. The van der Waals surface area contributed by atoms with E-state index in [1.165, 1.54) is 25.9 Å². The number of methoxy groups -OCH3 is 1. The molecule has 1 aromatic heterocycles. The predicted octanol–water partition coefficient (Wildman–Crippen LogP) is 2.63. The first-order valence-corrected chi connectivity index (χ1v) is 9.14. The highest BCUT2D eigenvalue weighted by Gasteiger charge is 2.33. The molecule has 3 heterocycles. The lowest BCUT2D eigenvalue weighted by atomic mass is 10.0. The summed E-state index contributed by atoms with van der Waals surface area (Å²) in [5.41, 5.74) is 0.855.